The van der Waals surface area contributed by atoms with Crippen molar-refractivity contribution in [1.82, 2.24) is 25.0 Å². The van der Waals surface area contributed by atoms with Crippen molar-refractivity contribution in [2.24, 2.45) is 7.05 Å². The van der Waals surface area contributed by atoms with Crippen LogP contribution in [0.15, 0.2) is 6.33 Å². The molecule has 0 fully saturated rings. The van der Waals surface area contributed by atoms with Crippen LogP contribution in [-0.2, 0) is 19.6 Å². The maximum Gasteiger partial charge on any atom is 0.445 e. The zero-order valence-electron chi connectivity index (χ0n) is 9.27. The van der Waals surface area contributed by atoms with Gasteiger partial charge in [0.2, 0.25) is 10.1 Å². The second kappa shape index (κ2) is 4.88. The quantitative estimate of drug-likeness (QED) is 0.914. The highest BCUT2D eigenvalue weighted by molar-refractivity contribution is 7.15. The molecule has 6 nitrogen and oxygen atoms in total. The van der Waals surface area contributed by atoms with Crippen molar-refractivity contribution in [3.8, 4) is 0 Å². The molecule has 0 aliphatic carbocycles. The van der Waals surface area contributed by atoms with E-state index in [0.29, 0.717) is 30.1 Å². The van der Waals surface area contributed by atoms with E-state index in [-0.39, 0.29) is 5.13 Å². The van der Waals surface area contributed by atoms with Crippen LogP contribution in [0.5, 0.6) is 0 Å². The zero-order valence-corrected chi connectivity index (χ0v) is 10.1. The topological polar surface area (TPSA) is 68.5 Å². The number of nitrogens with one attached hydrogen (secondary N) is 1. The van der Waals surface area contributed by atoms with Gasteiger partial charge in [0.25, 0.3) is 0 Å². The summed E-state index contributed by atoms with van der Waals surface area (Å²) in [4.78, 5) is 3.99. The van der Waals surface area contributed by atoms with Gasteiger partial charge >= 0.3 is 6.18 Å². The molecule has 10 heteroatoms. The summed E-state index contributed by atoms with van der Waals surface area (Å²) in [5, 5.41) is 12.4. The van der Waals surface area contributed by atoms with Crippen LogP contribution in [0.3, 0.4) is 0 Å². The summed E-state index contributed by atoms with van der Waals surface area (Å²) in [6.45, 7) is 0.399. The smallest absolute Gasteiger partial charge is 0.360 e. The Hall–Kier alpha value is -1.71. The van der Waals surface area contributed by atoms with Crippen LogP contribution in [0.2, 0.25) is 0 Å². The zero-order chi connectivity index (χ0) is 13.2. The molecule has 2 aromatic rings. The van der Waals surface area contributed by atoms with Crippen LogP contribution in [0.4, 0.5) is 18.3 Å². The molecule has 98 valence electrons. The lowest BCUT2D eigenvalue weighted by atomic mass is 10.4. The fourth-order valence-electron chi connectivity index (χ4n) is 1.19. The van der Waals surface area contributed by atoms with Gasteiger partial charge in [-0.15, -0.1) is 10.2 Å². The molecule has 0 radical (unpaired) electrons. The van der Waals surface area contributed by atoms with Gasteiger partial charge in [-0.3, -0.25) is 4.68 Å². The standard InChI is InChI=1S/C8H9F3N6S/c1-17-4-13-5(16-17)2-3-12-7-15-14-6(18-7)8(9,10)11/h4H,2-3H2,1H3,(H,12,15). The predicted molar refractivity (Wildman–Crippen MR) is 58.1 cm³/mol. The normalized spacial score (nSPS) is 11.8. The molecule has 0 atom stereocenters. The Kier molecular flexibility index (Phi) is 3.45. The average molecular weight is 278 g/mol. The lowest BCUT2D eigenvalue weighted by molar-refractivity contribution is -0.138. The Morgan fingerprint density at radius 2 is 2.17 bits per heavy atom. The Balaban J connectivity index is 1.85. The monoisotopic (exact) mass is 278 g/mol. The van der Waals surface area contributed by atoms with Gasteiger partial charge in [0.1, 0.15) is 6.33 Å². The third kappa shape index (κ3) is 3.15. The molecule has 0 bridgehead atoms. The minimum atomic E-state index is -4.44. The van der Waals surface area contributed by atoms with Crippen LogP contribution in [0.1, 0.15) is 10.8 Å². The molecule has 0 unspecified atom stereocenters. The third-order valence-corrected chi connectivity index (χ3v) is 2.87. The predicted octanol–water partition coefficient (Wildman–Crippen LogP) is 1.34. The molecule has 2 heterocycles. The third-order valence-electron chi connectivity index (χ3n) is 1.94. The SMILES string of the molecule is Cn1cnc(CCNc2nnc(C(F)(F)F)s2)n1. The molecule has 0 aromatic carbocycles. The van der Waals surface area contributed by atoms with Gasteiger partial charge in [-0.1, -0.05) is 11.3 Å². The highest BCUT2D eigenvalue weighted by Crippen LogP contribution is 2.32. The van der Waals surface area contributed by atoms with E-state index in [0.717, 1.165) is 0 Å². The van der Waals surface area contributed by atoms with Gasteiger partial charge in [0.05, 0.1) is 0 Å². The van der Waals surface area contributed by atoms with Crippen LogP contribution in [0, 0.1) is 0 Å². The molecule has 2 rings (SSSR count). The fourth-order valence-corrected chi connectivity index (χ4v) is 1.83. The van der Waals surface area contributed by atoms with Gasteiger partial charge in [-0.25, -0.2) is 4.98 Å². The summed E-state index contributed by atoms with van der Waals surface area (Å²) < 4.78 is 38.3. The van der Waals surface area contributed by atoms with Crippen molar-refractivity contribution >= 4 is 16.5 Å². The van der Waals surface area contributed by atoms with Crippen LogP contribution in [-0.4, -0.2) is 31.5 Å². The van der Waals surface area contributed by atoms with Crippen LogP contribution in [0.25, 0.3) is 0 Å². The van der Waals surface area contributed by atoms with Crippen LogP contribution >= 0.6 is 11.3 Å². The summed E-state index contributed by atoms with van der Waals surface area (Å²) in [6, 6.07) is 0. The molecule has 18 heavy (non-hydrogen) atoms. The van der Waals surface area contributed by atoms with Crippen molar-refractivity contribution in [1.29, 1.82) is 0 Å². The number of aryl methyl sites for hydroxylation is 1. The number of aromatic nitrogens is 5. The molecule has 0 spiro atoms. The Morgan fingerprint density at radius 3 is 2.72 bits per heavy atom. The minimum absolute atomic E-state index is 0.137. The lowest BCUT2D eigenvalue weighted by Gasteiger charge is -1.99. The summed E-state index contributed by atoms with van der Waals surface area (Å²) in [5.41, 5.74) is 0. The number of hydrogen-bond donors (Lipinski definition) is 1. The molecule has 2 aromatic heterocycles. The second-order valence-corrected chi connectivity index (χ2v) is 4.40. The van der Waals surface area contributed by atoms with E-state index in [1.54, 1.807) is 18.1 Å². The molecule has 1 N–H and O–H groups in total. The van der Waals surface area contributed by atoms with E-state index in [1.165, 1.54) is 0 Å². The summed E-state index contributed by atoms with van der Waals surface area (Å²) >= 11 is 0.476. The maximum atomic E-state index is 12.2. The Morgan fingerprint density at radius 1 is 1.39 bits per heavy atom. The first-order chi connectivity index (χ1) is 8.45. The highest BCUT2D eigenvalue weighted by atomic mass is 32.1. The van der Waals surface area contributed by atoms with Crippen molar-refractivity contribution in [3.63, 3.8) is 0 Å². The van der Waals surface area contributed by atoms with Crippen molar-refractivity contribution in [2.75, 3.05) is 11.9 Å². The van der Waals surface area contributed by atoms with Crippen molar-refractivity contribution in [3.05, 3.63) is 17.2 Å². The largest absolute Gasteiger partial charge is 0.445 e. The van der Waals surface area contributed by atoms with E-state index >= 15 is 0 Å². The van der Waals surface area contributed by atoms with E-state index in [1.807, 2.05) is 0 Å². The maximum absolute atomic E-state index is 12.2. The summed E-state index contributed by atoms with van der Waals surface area (Å²) in [6.07, 6.45) is -2.38. The number of nitrogens with zero attached hydrogens (tertiary/aromatic N) is 5. The number of halogens is 3. The number of alkyl halides is 3. The van der Waals surface area contributed by atoms with E-state index in [2.05, 4.69) is 25.6 Å². The number of anilines is 1. The summed E-state index contributed by atoms with van der Waals surface area (Å²) in [7, 11) is 1.74. The van der Waals surface area contributed by atoms with E-state index in [4.69, 9.17) is 0 Å². The molecule has 0 aliphatic rings. The van der Waals surface area contributed by atoms with Gasteiger partial charge in [0, 0.05) is 20.0 Å². The second-order valence-electron chi connectivity index (χ2n) is 3.42. The van der Waals surface area contributed by atoms with E-state index in [9.17, 15) is 13.2 Å². The number of hydrogen-bond acceptors (Lipinski definition) is 6. The first-order valence-electron chi connectivity index (χ1n) is 4.94. The molecule has 0 saturated carbocycles. The Labute approximate surface area is 104 Å². The van der Waals surface area contributed by atoms with Gasteiger partial charge in [-0.2, -0.15) is 18.3 Å². The molecular weight excluding hydrogens is 269 g/mol. The fraction of sp³-hybridized carbons (Fsp3) is 0.500. The average Bonchev–Trinajstić information content (AvgIpc) is 2.87. The van der Waals surface area contributed by atoms with Gasteiger partial charge in [-0.05, 0) is 0 Å². The van der Waals surface area contributed by atoms with E-state index < -0.39 is 11.2 Å². The molecule has 0 aliphatic heterocycles. The first-order valence-corrected chi connectivity index (χ1v) is 5.76. The summed E-state index contributed by atoms with van der Waals surface area (Å²) in [5.74, 6) is 0.616. The Bertz CT molecular complexity index is 519. The molecular formula is C8H9F3N6S. The minimum Gasteiger partial charge on any atom is -0.360 e. The lowest BCUT2D eigenvalue weighted by Crippen LogP contribution is -2.06. The molecule has 0 saturated heterocycles. The number of rotatable bonds is 4. The molecule has 0 amide bonds. The van der Waals surface area contributed by atoms with Crippen molar-refractivity contribution < 1.29 is 13.2 Å². The van der Waals surface area contributed by atoms with Crippen LogP contribution < -0.4 is 5.32 Å². The highest BCUT2D eigenvalue weighted by Gasteiger charge is 2.35. The van der Waals surface area contributed by atoms with Gasteiger partial charge < -0.3 is 5.32 Å². The van der Waals surface area contributed by atoms with Crippen molar-refractivity contribution in [2.45, 2.75) is 12.6 Å². The first kappa shape index (κ1) is 12.7. The van der Waals surface area contributed by atoms with Gasteiger partial charge in [0.15, 0.2) is 5.82 Å².